The van der Waals surface area contributed by atoms with Gasteiger partial charge in [-0.3, -0.25) is 9.59 Å². The fourth-order valence-corrected chi connectivity index (χ4v) is 7.68. The van der Waals surface area contributed by atoms with Crippen LogP contribution in [0.25, 0.3) is 0 Å². The van der Waals surface area contributed by atoms with Crippen molar-refractivity contribution in [1.82, 2.24) is 9.71 Å². The number of rotatable bonds is 10. The predicted octanol–water partition coefficient (Wildman–Crippen LogP) is 5.25. The molecule has 4 atom stereocenters. The maximum Gasteiger partial charge on any atom is 0.283 e. The summed E-state index contributed by atoms with van der Waals surface area (Å²) < 4.78 is 39.4. The van der Waals surface area contributed by atoms with Crippen LogP contribution in [0.2, 0.25) is 5.02 Å². The summed E-state index contributed by atoms with van der Waals surface area (Å²) in [5, 5.41) is -0.0746. The molecule has 5 rings (SSSR count). The standard InChI is InChI=1S/C33H42ClN3O6S/c1-5-6-16-33(20-38,42-4)27-11-9-24(27)18-37-19-32(15-7-8-23-17-25(34)10-12-26(23)32)21-43-29-14-13-28(35-30(29)37)31(39)36-44(40,41)22(2)3/h6,10,12-14,16-17,20,22,24,27H,5,7-9,11,15,18-19,21H2,1-4H3,(H,36,39)/b16-6+/t24-,27+,32-,33+/m0/s1. The fraction of sp³-hybridized carbons (Fsp3) is 0.545. The summed E-state index contributed by atoms with van der Waals surface area (Å²) in [5.41, 5.74) is 1.02. The molecule has 1 aromatic carbocycles. The van der Waals surface area contributed by atoms with Crippen LogP contribution in [0.3, 0.4) is 0 Å². The molecule has 3 aliphatic rings. The number of ether oxygens (including phenoxy) is 2. The molecule has 0 unspecified atom stereocenters. The van der Waals surface area contributed by atoms with Crippen molar-refractivity contribution in [3.63, 3.8) is 0 Å². The topological polar surface area (TPSA) is 115 Å². The summed E-state index contributed by atoms with van der Waals surface area (Å²) >= 11 is 6.39. The molecule has 1 saturated carbocycles. The Labute approximate surface area is 265 Å². The Kier molecular flexibility index (Phi) is 9.44. The number of hydrogen-bond donors (Lipinski definition) is 1. The maximum atomic E-state index is 13.1. The van der Waals surface area contributed by atoms with Crippen molar-refractivity contribution in [2.75, 3.05) is 31.7 Å². The van der Waals surface area contributed by atoms with Crippen LogP contribution >= 0.6 is 11.6 Å². The van der Waals surface area contributed by atoms with Gasteiger partial charge in [-0.2, -0.15) is 0 Å². The SMILES string of the molecule is CC/C=C/[C@](C=O)(OC)[C@@H]1CC[C@H]1CN1C[C@@]2(CCCc3cc(Cl)ccc32)COc2ccc(C(=O)NS(=O)(=O)C(C)C)nc21. The Bertz CT molecular complexity index is 1550. The normalized spacial score (nSPS) is 24.5. The average molecular weight is 644 g/mol. The van der Waals surface area contributed by atoms with Crippen LogP contribution in [0.4, 0.5) is 5.82 Å². The number of anilines is 1. The van der Waals surface area contributed by atoms with E-state index in [0.717, 1.165) is 44.8 Å². The summed E-state index contributed by atoms with van der Waals surface area (Å²) in [6.07, 6.45) is 10.1. The van der Waals surface area contributed by atoms with Crippen molar-refractivity contribution in [3.8, 4) is 5.75 Å². The number of hydrogen-bond acceptors (Lipinski definition) is 8. The van der Waals surface area contributed by atoms with Crippen LogP contribution in [0.1, 0.15) is 74.5 Å². The van der Waals surface area contributed by atoms with Gasteiger partial charge in [0.25, 0.3) is 5.91 Å². The predicted molar refractivity (Wildman–Crippen MR) is 171 cm³/mol. The molecule has 9 nitrogen and oxygen atoms in total. The molecule has 1 amide bonds. The van der Waals surface area contributed by atoms with Crippen LogP contribution in [-0.4, -0.2) is 63.3 Å². The lowest BCUT2D eigenvalue weighted by molar-refractivity contribution is -0.135. The number of nitrogens with one attached hydrogen (secondary N) is 1. The van der Waals surface area contributed by atoms with Gasteiger partial charge in [0, 0.05) is 36.6 Å². The van der Waals surface area contributed by atoms with Gasteiger partial charge in [-0.1, -0.05) is 30.7 Å². The van der Waals surface area contributed by atoms with Gasteiger partial charge in [0.05, 0.1) is 11.9 Å². The molecule has 2 aliphatic carbocycles. The minimum Gasteiger partial charge on any atom is -0.489 e. The minimum absolute atomic E-state index is 0.0106. The fourth-order valence-electron chi connectivity index (χ4n) is 6.89. The number of carbonyl (C=O) groups is 2. The van der Waals surface area contributed by atoms with Gasteiger partial charge in [-0.15, -0.1) is 0 Å². The number of allylic oxidation sites excluding steroid dienone is 1. The lowest BCUT2D eigenvalue weighted by Gasteiger charge is -2.48. The molecule has 0 radical (unpaired) electrons. The quantitative estimate of drug-likeness (QED) is 0.276. The molecule has 1 aromatic heterocycles. The first-order valence-corrected chi connectivity index (χ1v) is 17.3. The molecule has 44 heavy (non-hydrogen) atoms. The molecule has 1 spiro atoms. The number of fused-ring (bicyclic) bond motifs is 3. The highest BCUT2D eigenvalue weighted by atomic mass is 35.5. The third-order valence-electron chi connectivity index (χ3n) is 9.57. The zero-order valence-electron chi connectivity index (χ0n) is 25.8. The third kappa shape index (κ3) is 6.13. The lowest BCUT2D eigenvalue weighted by atomic mass is 9.64. The highest BCUT2D eigenvalue weighted by molar-refractivity contribution is 7.90. The van der Waals surface area contributed by atoms with Gasteiger partial charge >= 0.3 is 0 Å². The third-order valence-corrected chi connectivity index (χ3v) is 11.5. The van der Waals surface area contributed by atoms with Crippen molar-refractivity contribution in [2.45, 2.75) is 75.6 Å². The smallest absolute Gasteiger partial charge is 0.283 e. The van der Waals surface area contributed by atoms with E-state index in [1.807, 2.05) is 31.2 Å². The van der Waals surface area contributed by atoms with E-state index in [1.165, 1.54) is 31.0 Å². The van der Waals surface area contributed by atoms with Crippen LogP contribution < -0.4 is 14.4 Å². The van der Waals surface area contributed by atoms with Crippen molar-refractivity contribution in [1.29, 1.82) is 0 Å². The summed E-state index contributed by atoms with van der Waals surface area (Å²) in [5.74, 6) is 0.307. The first-order chi connectivity index (χ1) is 21.0. The van der Waals surface area contributed by atoms with Crippen LogP contribution in [0, 0.1) is 11.8 Å². The zero-order chi connectivity index (χ0) is 31.7. The molecule has 0 bridgehead atoms. The summed E-state index contributed by atoms with van der Waals surface area (Å²) in [6.45, 7) is 6.60. The van der Waals surface area contributed by atoms with Gasteiger partial charge in [0.2, 0.25) is 10.0 Å². The average Bonchev–Trinajstić information content (AvgIpc) is 3.13. The van der Waals surface area contributed by atoms with E-state index in [9.17, 15) is 18.0 Å². The van der Waals surface area contributed by atoms with Gasteiger partial charge in [-0.05, 0) is 99.8 Å². The van der Waals surface area contributed by atoms with E-state index in [1.54, 1.807) is 13.2 Å². The number of benzene rings is 1. The molecule has 1 aliphatic heterocycles. The number of amides is 1. The summed E-state index contributed by atoms with van der Waals surface area (Å²) in [6, 6.07) is 9.25. The number of aromatic nitrogens is 1. The van der Waals surface area contributed by atoms with Crippen molar-refractivity contribution in [3.05, 3.63) is 64.3 Å². The molecule has 1 fully saturated rings. The second kappa shape index (κ2) is 12.8. The molecule has 2 aromatic rings. The van der Waals surface area contributed by atoms with E-state index in [-0.39, 0.29) is 22.9 Å². The Morgan fingerprint density at radius 1 is 1.30 bits per heavy atom. The summed E-state index contributed by atoms with van der Waals surface area (Å²) in [7, 11) is -2.27. The van der Waals surface area contributed by atoms with E-state index in [4.69, 9.17) is 26.1 Å². The monoisotopic (exact) mass is 643 g/mol. The number of methoxy groups -OCH3 is 1. The first-order valence-electron chi connectivity index (χ1n) is 15.4. The number of sulfonamides is 1. The number of halogens is 1. The highest BCUT2D eigenvalue weighted by Gasteiger charge is 2.49. The van der Waals surface area contributed by atoms with Crippen LogP contribution in [-0.2, 0) is 31.4 Å². The van der Waals surface area contributed by atoms with Gasteiger partial charge in [0.15, 0.2) is 17.9 Å². The largest absolute Gasteiger partial charge is 0.489 e. The Hall–Kier alpha value is -2.95. The summed E-state index contributed by atoms with van der Waals surface area (Å²) in [4.78, 5) is 32.4. The van der Waals surface area contributed by atoms with Crippen molar-refractivity contribution < 1.29 is 27.5 Å². The lowest BCUT2D eigenvalue weighted by Crippen LogP contribution is -2.53. The number of aryl methyl sites for hydroxylation is 1. The van der Waals surface area contributed by atoms with Crippen molar-refractivity contribution in [2.24, 2.45) is 11.8 Å². The molecule has 1 N–H and O–H groups in total. The minimum atomic E-state index is -3.85. The Morgan fingerprint density at radius 3 is 2.75 bits per heavy atom. The number of carbonyl (C=O) groups excluding carboxylic acids is 2. The Balaban J connectivity index is 1.54. The van der Waals surface area contributed by atoms with E-state index >= 15 is 0 Å². The molecule has 0 saturated heterocycles. The molecule has 238 valence electrons. The number of nitrogens with zero attached hydrogens (tertiary/aromatic N) is 2. The van der Waals surface area contributed by atoms with Crippen LogP contribution in [0.15, 0.2) is 42.5 Å². The van der Waals surface area contributed by atoms with E-state index in [2.05, 4.69) is 15.7 Å². The van der Waals surface area contributed by atoms with E-state index in [0.29, 0.717) is 36.3 Å². The van der Waals surface area contributed by atoms with Gasteiger partial charge < -0.3 is 14.4 Å². The number of pyridine rings is 1. The first kappa shape index (κ1) is 32.4. The number of aldehydes is 1. The second-order valence-corrected chi connectivity index (χ2v) is 15.3. The molecular formula is C33H42ClN3O6S. The molecule has 2 heterocycles. The van der Waals surface area contributed by atoms with Gasteiger partial charge in [-0.25, -0.2) is 18.1 Å². The molecule has 11 heteroatoms. The maximum absolute atomic E-state index is 13.1. The molecular weight excluding hydrogens is 602 g/mol. The van der Waals surface area contributed by atoms with E-state index < -0.39 is 26.8 Å². The van der Waals surface area contributed by atoms with Gasteiger partial charge in [0.1, 0.15) is 11.3 Å². The van der Waals surface area contributed by atoms with Crippen LogP contribution in [0.5, 0.6) is 5.75 Å². The Morgan fingerprint density at radius 2 is 2.09 bits per heavy atom. The zero-order valence-corrected chi connectivity index (χ0v) is 27.4. The highest BCUT2D eigenvalue weighted by Crippen LogP contribution is 2.48. The van der Waals surface area contributed by atoms with Crippen molar-refractivity contribution >= 4 is 39.6 Å². The second-order valence-electron chi connectivity index (χ2n) is 12.6.